The molecule has 2 fully saturated rings. The van der Waals surface area contributed by atoms with Crippen molar-refractivity contribution in [3.63, 3.8) is 0 Å². The first kappa shape index (κ1) is 15.3. The van der Waals surface area contributed by atoms with E-state index >= 15 is 0 Å². The molecule has 0 atom stereocenters. The fourth-order valence-corrected chi connectivity index (χ4v) is 3.59. The Morgan fingerprint density at radius 2 is 1.79 bits per heavy atom. The van der Waals surface area contributed by atoms with Crippen molar-refractivity contribution in [3.05, 3.63) is 0 Å². The van der Waals surface area contributed by atoms with E-state index in [-0.39, 0.29) is 12.0 Å². The third-order valence-electron chi connectivity index (χ3n) is 5.40. The zero-order valence-corrected chi connectivity index (χ0v) is 12.5. The van der Waals surface area contributed by atoms with Gasteiger partial charge in [0.25, 0.3) is 0 Å². The molecule has 2 saturated carbocycles. The molecule has 112 valence electrons. The predicted molar refractivity (Wildman–Crippen MR) is 78.1 cm³/mol. The molecule has 0 aromatic rings. The van der Waals surface area contributed by atoms with Gasteiger partial charge in [0.05, 0.1) is 0 Å². The zero-order chi connectivity index (χ0) is 13.7. The van der Waals surface area contributed by atoms with Gasteiger partial charge >= 0.3 is 0 Å². The first-order chi connectivity index (χ1) is 9.19. The van der Waals surface area contributed by atoms with Gasteiger partial charge in [-0.15, -0.1) is 0 Å². The van der Waals surface area contributed by atoms with Gasteiger partial charge in [0.1, 0.15) is 0 Å². The highest BCUT2D eigenvalue weighted by molar-refractivity contribution is 4.90. The van der Waals surface area contributed by atoms with Crippen LogP contribution >= 0.6 is 0 Å². The molecule has 0 aromatic heterocycles. The third-order valence-corrected chi connectivity index (χ3v) is 5.40. The number of rotatable bonds is 7. The fraction of sp³-hybridized carbons (Fsp3) is 1.00. The monoisotopic (exact) mass is 269 g/mol. The van der Waals surface area contributed by atoms with Crippen molar-refractivity contribution in [3.8, 4) is 0 Å². The molecule has 2 aliphatic rings. The standard InChI is InChI=1S/C16H31NO2/c1-14-6-8-16(13-19,9-7-14)12-17(10-3-11-18)15-4-2-5-15/h14-15,18-19H,2-13H2,1H3. The van der Waals surface area contributed by atoms with Crippen molar-refractivity contribution in [2.75, 3.05) is 26.3 Å². The molecule has 3 heteroatoms. The average Bonchev–Trinajstić information content (AvgIpc) is 2.37. The molecule has 0 aromatic carbocycles. The van der Waals surface area contributed by atoms with E-state index < -0.39 is 0 Å². The van der Waals surface area contributed by atoms with Crippen molar-refractivity contribution < 1.29 is 10.2 Å². The van der Waals surface area contributed by atoms with E-state index in [1.807, 2.05) is 0 Å². The molecule has 0 unspecified atom stereocenters. The first-order valence-electron chi connectivity index (χ1n) is 8.15. The minimum atomic E-state index is 0.136. The van der Waals surface area contributed by atoms with Crippen LogP contribution < -0.4 is 0 Å². The lowest BCUT2D eigenvalue weighted by Gasteiger charge is -2.46. The van der Waals surface area contributed by atoms with Crippen molar-refractivity contribution in [1.29, 1.82) is 0 Å². The Kier molecular flexibility index (Phi) is 5.67. The lowest BCUT2D eigenvalue weighted by molar-refractivity contribution is -0.000495. The van der Waals surface area contributed by atoms with Gasteiger partial charge in [0.15, 0.2) is 0 Å². The highest BCUT2D eigenvalue weighted by Gasteiger charge is 2.37. The lowest BCUT2D eigenvalue weighted by atomic mass is 9.70. The molecule has 0 radical (unpaired) electrons. The summed E-state index contributed by atoms with van der Waals surface area (Å²) < 4.78 is 0. The van der Waals surface area contributed by atoms with Crippen molar-refractivity contribution in [2.45, 2.75) is 64.3 Å². The molecule has 0 saturated heterocycles. The molecule has 2 N–H and O–H groups in total. The minimum absolute atomic E-state index is 0.136. The molecular weight excluding hydrogens is 238 g/mol. The Morgan fingerprint density at radius 3 is 2.26 bits per heavy atom. The molecule has 2 rings (SSSR count). The van der Waals surface area contributed by atoms with Gasteiger partial charge in [0, 0.05) is 37.8 Å². The second kappa shape index (κ2) is 7.05. The SMILES string of the molecule is CC1CCC(CO)(CN(CCCO)C2CCC2)CC1. The second-order valence-corrected chi connectivity index (χ2v) is 6.97. The summed E-state index contributed by atoms with van der Waals surface area (Å²) in [7, 11) is 0. The third kappa shape index (κ3) is 3.93. The molecule has 0 amide bonds. The molecule has 0 spiro atoms. The van der Waals surface area contributed by atoms with E-state index in [4.69, 9.17) is 5.11 Å². The van der Waals surface area contributed by atoms with E-state index in [1.54, 1.807) is 0 Å². The summed E-state index contributed by atoms with van der Waals surface area (Å²) in [6.07, 6.45) is 9.71. The van der Waals surface area contributed by atoms with Gasteiger partial charge < -0.3 is 10.2 Å². The fourth-order valence-electron chi connectivity index (χ4n) is 3.59. The molecule has 19 heavy (non-hydrogen) atoms. The van der Waals surface area contributed by atoms with Crippen molar-refractivity contribution in [1.82, 2.24) is 4.90 Å². The Hall–Kier alpha value is -0.120. The molecule has 3 nitrogen and oxygen atoms in total. The quantitative estimate of drug-likeness (QED) is 0.746. The van der Waals surface area contributed by atoms with Crippen LogP contribution in [0.5, 0.6) is 0 Å². The summed E-state index contributed by atoms with van der Waals surface area (Å²) in [5.41, 5.74) is 0.136. The average molecular weight is 269 g/mol. The summed E-state index contributed by atoms with van der Waals surface area (Å²) in [6.45, 7) is 4.99. The van der Waals surface area contributed by atoms with E-state index in [9.17, 15) is 5.11 Å². The summed E-state index contributed by atoms with van der Waals surface area (Å²) in [6, 6.07) is 0.717. The summed E-state index contributed by atoms with van der Waals surface area (Å²) >= 11 is 0. The van der Waals surface area contributed by atoms with E-state index in [1.165, 1.54) is 44.9 Å². The molecule has 0 aliphatic heterocycles. The van der Waals surface area contributed by atoms with Gasteiger partial charge in [0.2, 0.25) is 0 Å². The van der Waals surface area contributed by atoms with Gasteiger partial charge in [-0.05, 0) is 38.0 Å². The van der Waals surface area contributed by atoms with Crippen LogP contribution in [-0.4, -0.2) is 47.5 Å². The predicted octanol–water partition coefficient (Wildman–Crippen LogP) is 2.41. The summed E-state index contributed by atoms with van der Waals surface area (Å²) in [4.78, 5) is 2.56. The zero-order valence-electron chi connectivity index (χ0n) is 12.5. The number of aliphatic hydroxyl groups is 2. The van der Waals surface area contributed by atoms with Crippen LogP contribution in [0.2, 0.25) is 0 Å². The second-order valence-electron chi connectivity index (χ2n) is 6.97. The van der Waals surface area contributed by atoms with Crippen LogP contribution in [0.1, 0.15) is 58.3 Å². The summed E-state index contributed by atoms with van der Waals surface area (Å²) in [5, 5.41) is 19.0. The van der Waals surface area contributed by atoms with E-state index in [0.717, 1.165) is 25.4 Å². The largest absolute Gasteiger partial charge is 0.396 e. The van der Waals surface area contributed by atoms with Crippen LogP contribution in [0, 0.1) is 11.3 Å². The van der Waals surface area contributed by atoms with Crippen LogP contribution in [-0.2, 0) is 0 Å². The topological polar surface area (TPSA) is 43.7 Å². The highest BCUT2D eigenvalue weighted by atomic mass is 16.3. The Labute approximate surface area is 118 Å². The maximum Gasteiger partial charge on any atom is 0.0499 e. The maximum absolute atomic E-state index is 9.90. The Balaban J connectivity index is 1.92. The molecule has 0 heterocycles. The Bertz CT molecular complexity index is 257. The van der Waals surface area contributed by atoms with E-state index in [2.05, 4.69) is 11.8 Å². The van der Waals surface area contributed by atoms with Gasteiger partial charge in [-0.1, -0.05) is 26.2 Å². The normalized spacial score (nSPS) is 32.5. The summed E-state index contributed by atoms with van der Waals surface area (Å²) in [5.74, 6) is 0.828. The number of hydrogen-bond acceptors (Lipinski definition) is 3. The number of hydrogen-bond donors (Lipinski definition) is 2. The van der Waals surface area contributed by atoms with E-state index in [0.29, 0.717) is 12.6 Å². The lowest BCUT2D eigenvalue weighted by Crippen LogP contribution is -2.49. The van der Waals surface area contributed by atoms with Gasteiger partial charge in [-0.25, -0.2) is 0 Å². The molecule has 2 aliphatic carbocycles. The van der Waals surface area contributed by atoms with Crippen LogP contribution in [0.3, 0.4) is 0 Å². The van der Waals surface area contributed by atoms with Crippen LogP contribution in [0.25, 0.3) is 0 Å². The smallest absolute Gasteiger partial charge is 0.0499 e. The number of aliphatic hydroxyl groups excluding tert-OH is 2. The molecular formula is C16H31NO2. The van der Waals surface area contributed by atoms with Crippen LogP contribution in [0.4, 0.5) is 0 Å². The van der Waals surface area contributed by atoms with Crippen molar-refractivity contribution >= 4 is 0 Å². The van der Waals surface area contributed by atoms with Crippen LogP contribution in [0.15, 0.2) is 0 Å². The highest BCUT2D eigenvalue weighted by Crippen LogP contribution is 2.40. The van der Waals surface area contributed by atoms with Gasteiger partial charge in [-0.3, -0.25) is 4.90 Å². The molecule has 0 bridgehead atoms. The Morgan fingerprint density at radius 1 is 1.11 bits per heavy atom. The first-order valence-corrected chi connectivity index (χ1v) is 8.15. The maximum atomic E-state index is 9.90. The van der Waals surface area contributed by atoms with Crippen molar-refractivity contribution in [2.24, 2.45) is 11.3 Å². The number of nitrogens with zero attached hydrogens (tertiary/aromatic N) is 1. The van der Waals surface area contributed by atoms with Gasteiger partial charge in [-0.2, -0.15) is 0 Å². The minimum Gasteiger partial charge on any atom is -0.396 e.